The topological polar surface area (TPSA) is 41.6 Å². The fourth-order valence-corrected chi connectivity index (χ4v) is 3.36. The number of nitrogens with one attached hydrogen (secondary N) is 1. The molecule has 19 heavy (non-hydrogen) atoms. The summed E-state index contributed by atoms with van der Waals surface area (Å²) in [7, 11) is 1.74. The van der Waals surface area contributed by atoms with Crippen molar-refractivity contribution in [2.75, 3.05) is 33.3 Å². The summed E-state index contributed by atoms with van der Waals surface area (Å²) in [6.45, 7) is 7.95. The minimum absolute atomic E-state index is 0.220. The highest BCUT2D eigenvalue weighted by Gasteiger charge is 2.40. The quantitative estimate of drug-likeness (QED) is 0.846. The van der Waals surface area contributed by atoms with Crippen LogP contribution in [0.3, 0.4) is 0 Å². The number of carbonyl (C=O) groups is 1. The highest BCUT2D eigenvalue weighted by molar-refractivity contribution is 5.82. The third-order valence-corrected chi connectivity index (χ3v) is 4.87. The molecule has 0 spiro atoms. The van der Waals surface area contributed by atoms with Crippen LogP contribution in [0.25, 0.3) is 0 Å². The Morgan fingerprint density at radius 3 is 2.74 bits per heavy atom. The Morgan fingerprint density at radius 1 is 1.32 bits per heavy atom. The van der Waals surface area contributed by atoms with E-state index in [1.54, 1.807) is 7.11 Å². The van der Waals surface area contributed by atoms with Gasteiger partial charge >= 0.3 is 0 Å². The molecule has 1 amide bonds. The summed E-state index contributed by atoms with van der Waals surface area (Å²) >= 11 is 0. The molecule has 0 saturated carbocycles. The van der Waals surface area contributed by atoms with Crippen molar-refractivity contribution in [3.63, 3.8) is 0 Å². The SMILES string of the molecule is COC1CCCN(C(=O)C(C)(C)C2CCCNC2)C1. The van der Waals surface area contributed by atoms with E-state index in [2.05, 4.69) is 19.2 Å². The molecule has 1 N–H and O–H groups in total. The van der Waals surface area contributed by atoms with Crippen LogP contribution >= 0.6 is 0 Å². The number of nitrogens with zero attached hydrogens (tertiary/aromatic N) is 1. The van der Waals surface area contributed by atoms with E-state index in [0.29, 0.717) is 11.8 Å². The van der Waals surface area contributed by atoms with Gasteiger partial charge < -0.3 is 15.0 Å². The first kappa shape index (κ1) is 14.8. The standard InChI is InChI=1S/C15H28N2O2/c1-15(2,12-6-4-8-16-10-12)14(18)17-9-5-7-13(11-17)19-3/h12-13,16H,4-11H2,1-3H3. The molecule has 110 valence electrons. The van der Waals surface area contributed by atoms with Crippen molar-refractivity contribution in [1.29, 1.82) is 0 Å². The lowest BCUT2D eigenvalue weighted by molar-refractivity contribution is -0.147. The van der Waals surface area contributed by atoms with E-state index in [0.717, 1.165) is 45.4 Å². The number of likely N-dealkylation sites (tertiary alicyclic amines) is 1. The third-order valence-electron chi connectivity index (χ3n) is 4.87. The zero-order valence-electron chi connectivity index (χ0n) is 12.6. The van der Waals surface area contributed by atoms with Gasteiger partial charge in [-0.3, -0.25) is 4.79 Å². The van der Waals surface area contributed by atoms with Crippen LogP contribution in [-0.4, -0.2) is 50.2 Å². The Morgan fingerprint density at radius 2 is 2.11 bits per heavy atom. The molecule has 0 bridgehead atoms. The van der Waals surface area contributed by atoms with Gasteiger partial charge in [-0.2, -0.15) is 0 Å². The van der Waals surface area contributed by atoms with E-state index in [1.165, 1.54) is 6.42 Å². The summed E-state index contributed by atoms with van der Waals surface area (Å²) in [4.78, 5) is 14.8. The molecule has 4 nitrogen and oxygen atoms in total. The van der Waals surface area contributed by atoms with Crippen molar-refractivity contribution in [3.05, 3.63) is 0 Å². The minimum Gasteiger partial charge on any atom is -0.380 e. The fourth-order valence-electron chi connectivity index (χ4n) is 3.36. The lowest BCUT2D eigenvalue weighted by atomic mass is 9.73. The van der Waals surface area contributed by atoms with Crippen LogP contribution in [0, 0.1) is 11.3 Å². The number of rotatable bonds is 3. The predicted molar refractivity (Wildman–Crippen MR) is 76.0 cm³/mol. The minimum atomic E-state index is -0.261. The first-order valence-corrected chi connectivity index (χ1v) is 7.58. The van der Waals surface area contributed by atoms with Gasteiger partial charge in [0.2, 0.25) is 5.91 Å². The molecular formula is C15H28N2O2. The van der Waals surface area contributed by atoms with Crippen molar-refractivity contribution in [3.8, 4) is 0 Å². The van der Waals surface area contributed by atoms with Gasteiger partial charge in [-0.15, -0.1) is 0 Å². The van der Waals surface area contributed by atoms with Gasteiger partial charge in [0, 0.05) is 25.6 Å². The number of methoxy groups -OCH3 is 1. The molecule has 2 rings (SSSR count). The van der Waals surface area contributed by atoms with Gasteiger partial charge in [0.15, 0.2) is 0 Å². The molecule has 2 unspecified atom stereocenters. The number of piperidine rings is 2. The van der Waals surface area contributed by atoms with Gasteiger partial charge in [0.05, 0.1) is 6.10 Å². The Kier molecular flexibility index (Phi) is 4.85. The Balaban J connectivity index is 2.00. The van der Waals surface area contributed by atoms with Crippen molar-refractivity contribution in [1.82, 2.24) is 10.2 Å². The van der Waals surface area contributed by atoms with Gasteiger partial charge in [-0.1, -0.05) is 13.8 Å². The zero-order chi connectivity index (χ0) is 13.9. The van der Waals surface area contributed by atoms with Gasteiger partial charge in [-0.05, 0) is 44.7 Å². The van der Waals surface area contributed by atoms with E-state index in [9.17, 15) is 4.79 Å². The number of ether oxygens (including phenoxy) is 1. The maximum absolute atomic E-state index is 12.8. The van der Waals surface area contributed by atoms with Crippen LogP contribution in [0.5, 0.6) is 0 Å². The van der Waals surface area contributed by atoms with Crippen molar-refractivity contribution in [2.45, 2.75) is 45.6 Å². The molecule has 0 radical (unpaired) electrons. The van der Waals surface area contributed by atoms with Gasteiger partial charge in [0.1, 0.15) is 0 Å². The van der Waals surface area contributed by atoms with E-state index in [4.69, 9.17) is 4.74 Å². The monoisotopic (exact) mass is 268 g/mol. The van der Waals surface area contributed by atoms with E-state index in [1.807, 2.05) is 4.90 Å². The summed E-state index contributed by atoms with van der Waals surface area (Å²) in [6, 6.07) is 0. The molecule has 4 heteroatoms. The fraction of sp³-hybridized carbons (Fsp3) is 0.933. The number of hydrogen-bond donors (Lipinski definition) is 1. The predicted octanol–water partition coefficient (Wildman–Crippen LogP) is 1.65. The molecule has 0 aromatic heterocycles. The number of carbonyl (C=O) groups excluding carboxylic acids is 1. The van der Waals surface area contributed by atoms with Crippen LogP contribution in [0.1, 0.15) is 39.5 Å². The summed E-state index contributed by atoms with van der Waals surface area (Å²) in [6.07, 6.45) is 4.70. The number of amides is 1. The molecule has 2 atom stereocenters. The van der Waals surface area contributed by atoms with Gasteiger partial charge in [0.25, 0.3) is 0 Å². The summed E-state index contributed by atoms with van der Waals surface area (Å²) in [5.74, 6) is 0.764. The summed E-state index contributed by atoms with van der Waals surface area (Å²) in [5, 5.41) is 3.42. The first-order valence-electron chi connectivity index (χ1n) is 7.58. The molecule has 0 aliphatic carbocycles. The molecule has 2 fully saturated rings. The van der Waals surface area contributed by atoms with E-state index < -0.39 is 0 Å². The molecule has 2 aliphatic heterocycles. The highest BCUT2D eigenvalue weighted by Crippen LogP contribution is 2.34. The molecular weight excluding hydrogens is 240 g/mol. The lowest BCUT2D eigenvalue weighted by Gasteiger charge is -2.42. The zero-order valence-corrected chi connectivity index (χ0v) is 12.6. The largest absolute Gasteiger partial charge is 0.380 e. The Hall–Kier alpha value is -0.610. The van der Waals surface area contributed by atoms with Crippen LogP contribution in [0.15, 0.2) is 0 Å². The molecule has 2 aliphatic rings. The molecule has 0 aromatic rings. The van der Waals surface area contributed by atoms with Crippen molar-refractivity contribution in [2.24, 2.45) is 11.3 Å². The Labute approximate surface area is 116 Å². The average Bonchev–Trinajstić information content (AvgIpc) is 2.47. The van der Waals surface area contributed by atoms with E-state index in [-0.39, 0.29) is 11.5 Å². The average molecular weight is 268 g/mol. The molecule has 2 saturated heterocycles. The van der Waals surface area contributed by atoms with Crippen LogP contribution in [-0.2, 0) is 9.53 Å². The molecule has 2 heterocycles. The maximum atomic E-state index is 12.8. The highest BCUT2D eigenvalue weighted by atomic mass is 16.5. The summed E-state index contributed by atoms with van der Waals surface area (Å²) < 4.78 is 5.42. The van der Waals surface area contributed by atoms with Crippen LogP contribution in [0.2, 0.25) is 0 Å². The normalized spacial score (nSPS) is 29.3. The second kappa shape index (κ2) is 6.23. The second-order valence-electron chi connectivity index (χ2n) is 6.52. The van der Waals surface area contributed by atoms with Crippen molar-refractivity contribution >= 4 is 5.91 Å². The maximum Gasteiger partial charge on any atom is 0.228 e. The van der Waals surface area contributed by atoms with Gasteiger partial charge in [-0.25, -0.2) is 0 Å². The Bertz CT molecular complexity index is 311. The first-order chi connectivity index (χ1) is 9.05. The van der Waals surface area contributed by atoms with Crippen LogP contribution in [0.4, 0.5) is 0 Å². The second-order valence-corrected chi connectivity index (χ2v) is 6.52. The lowest BCUT2D eigenvalue weighted by Crippen LogP contribution is -2.52. The third kappa shape index (κ3) is 3.29. The molecule has 0 aromatic carbocycles. The van der Waals surface area contributed by atoms with Crippen LogP contribution < -0.4 is 5.32 Å². The number of hydrogen-bond acceptors (Lipinski definition) is 3. The smallest absolute Gasteiger partial charge is 0.228 e. The van der Waals surface area contributed by atoms with E-state index >= 15 is 0 Å². The summed E-state index contributed by atoms with van der Waals surface area (Å²) in [5.41, 5.74) is -0.261. The van der Waals surface area contributed by atoms with Crippen molar-refractivity contribution < 1.29 is 9.53 Å².